The van der Waals surface area contributed by atoms with Crippen molar-refractivity contribution in [3.05, 3.63) is 88.8 Å². The second-order valence-corrected chi connectivity index (χ2v) is 6.04. The van der Waals surface area contributed by atoms with E-state index < -0.39 is 0 Å². The first-order valence-electron chi connectivity index (χ1n) is 8.43. The zero-order valence-corrected chi connectivity index (χ0v) is 14.0. The molecule has 3 nitrogen and oxygen atoms in total. The molecule has 0 aliphatic carbocycles. The maximum absolute atomic E-state index is 12.2. The first-order valence-corrected chi connectivity index (χ1v) is 8.43. The van der Waals surface area contributed by atoms with Crippen LogP contribution in [0.15, 0.2) is 77.7 Å². The summed E-state index contributed by atoms with van der Waals surface area (Å²) in [6.07, 6.45) is 2.65. The predicted molar refractivity (Wildman–Crippen MR) is 103 cm³/mol. The van der Waals surface area contributed by atoms with Gasteiger partial charge in [-0.05, 0) is 29.7 Å². The summed E-state index contributed by atoms with van der Waals surface area (Å²) in [6.45, 7) is 2.14. The standard InChI is InChI=1S/C22H18N2O/c1-2-15-8-10-17(11-9-15)21-18(16-6-4-3-5-7-16)14-19-20(24-21)12-13-23-22(19)25/h3-14H,2H2,1H3,(H,23,25). The van der Waals surface area contributed by atoms with Crippen LogP contribution in [-0.4, -0.2) is 9.97 Å². The van der Waals surface area contributed by atoms with Crippen molar-refractivity contribution in [2.45, 2.75) is 13.3 Å². The molecule has 0 bridgehead atoms. The lowest BCUT2D eigenvalue weighted by atomic mass is 9.97. The van der Waals surface area contributed by atoms with Crippen LogP contribution in [0.2, 0.25) is 0 Å². The van der Waals surface area contributed by atoms with Crippen molar-refractivity contribution in [3.63, 3.8) is 0 Å². The number of hydrogen-bond acceptors (Lipinski definition) is 2. The Bertz CT molecular complexity index is 1080. The molecule has 0 radical (unpaired) electrons. The molecule has 0 atom stereocenters. The maximum atomic E-state index is 12.2. The normalized spacial score (nSPS) is 10.9. The molecule has 0 unspecified atom stereocenters. The summed E-state index contributed by atoms with van der Waals surface area (Å²) in [6, 6.07) is 22.3. The fraction of sp³-hybridized carbons (Fsp3) is 0.0909. The first kappa shape index (κ1) is 15.3. The van der Waals surface area contributed by atoms with Crippen molar-refractivity contribution in [1.82, 2.24) is 9.97 Å². The van der Waals surface area contributed by atoms with E-state index in [4.69, 9.17) is 4.98 Å². The number of nitrogens with zero attached hydrogens (tertiary/aromatic N) is 1. The third-order valence-corrected chi connectivity index (χ3v) is 4.47. The lowest BCUT2D eigenvalue weighted by Gasteiger charge is -2.11. The molecule has 25 heavy (non-hydrogen) atoms. The van der Waals surface area contributed by atoms with Crippen LogP contribution in [0.4, 0.5) is 0 Å². The molecule has 0 spiro atoms. The molecule has 1 N–H and O–H groups in total. The summed E-state index contributed by atoms with van der Waals surface area (Å²) >= 11 is 0. The van der Waals surface area contributed by atoms with Gasteiger partial charge in [-0.15, -0.1) is 0 Å². The minimum Gasteiger partial charge on any atom is -0.328 e. The number of hydrogen-bond donors (Lipinski definition) is 1. The smallest absolute Gasteiger partial charge is 0.257 e. The van der Waals surface area contributed by atoms with Gasteiger partial charge in [-0.2, -0.15) is 0 Å². The molecule has 2 aromatic carbocycles. The summed E-state index contributed by atoms with van der Waals surface area (Å²) in [4.78, 5) is 19.7. The van der Waals surface area contributed by atoms with Crippen LogP contribution >= 0.6 is 0 Å². The third kappa shape index (κ3) is 2.85. The number of H-pyrrole nitrogens is 1. The van der Waals surface area contributed by atoms with Crippen LogP contribution in [0.1, 0.15) is 12.5 Å². The molecular weight excluding hydrogens is 308 g/mol. The molecule has 2 aromatic heterocycles. The van der Waals surface area contributed by atoms with E-state index in [9.17, 15) is 4.79 Å². The Labute approximate surface area is 146 Å². The summed E-state index contributed by atoms with van der Waals surface area (Å²) in [5.41, 5.74) is 5.85. The average Bonchev–Trinajstić information content (AvgIpc) is 2.68. The van der Waals surface area contributed by atoms with E-state index in [0.717, 1.165) is 28.8 Å². The zero-order chi connectivity index (χ0) is 17.2. The molecule has 0 saturated heterocycles. The number of rotatable bonds is 3. The maximum Gasteiger partial charge on any atom is 0.257 e. The molecule has 4 aromatic rings. The van der Waals surface area contributed by atoms with Crippen molar-refractivity contribution >= 4 is 10.9 Å². The molecule has 4 rings (SSSR count). The van der Waals surface area contributed by atoms with E-state index in [-0.39, 0.29) is 5.56 Å². The lowest BCUT2D eigenvalue weighted by molar-refractivity contribution is 1.14. The molecule has 0 fully saturated rings. The average molecular weight is 326 g/mol. The summed E-state index contributed by atoms with van der Waals surface area (Å²) in [7, 11) is 0. The van der Waals surface area contributed by atoms with Crippen LogP contribution in [0.5, 0.6) is 0 Å². The van der Waals surface area contributed by atoms with Crippen LogP contribution in [0.25, 0.3) is 33.3 Å². The highest BCUT2D eigenvalue weighted by Crippen LogP contribution is 2.32. The highest BCUT2D eigenvalue weighted by Gasteiger charge is 2.12. The van der Waals surface area contributed by atoms with Crippen LogP contribution in [-0.2, 0) is 6.42 Å². The predicted octanol–water partition coefficient (Wildman–Crippen LogP) is 4.82. The Morgan fingerprint density at radius 2 is 1.68 bits per heavy atom. The van der Waals surface area contributed by atoms with Crippen molar-refractivity contribution in [3.8, 4) is 22.4 Å². The zero-order valence-electron chi connectivity index (χ0n) is 14.0. The Hall–Kier alpha value is -3.20. The topological polar surface area (TPSA) is 45.8 Å². The van der Waals surface area contributed by atoms with Gasteiger partial charge in [0, 0.05) is 17.3 Å². The molecule has 0 saturated carbocycles. The SMILES string of the molecule is CCc1ccc(-c2nc3cc[nH]c(=O)c3cc2-c2ccccc2)cc1. The number of nitrogens with one attached hydrogen (secondary N) is 1. The van der Waals surface area contributed by atoms with E-state index in [1.165, 1.54) is 5.56 Å². The quantitative estimate of drug-likeness (QED) is 0.587. The van der Waals surface area contributed by atoms with Gasteiger partial charge in [-0.3, -0.25) is 4.79 Å². The van der Waals surface area contributed by atoms with Gasteiger partial charge in [0.15, 0.2) is 0 Å². The number of fused-ring (bicyclic) bond motifs is 1. The van der Waals surface area contributed by atoms with Crippen molar-refractivity contribution < 1.29 is 0 Å². The number of aromatic amines is 1. The summed E-state index contributed by atoms with van der Waals surface area (Å²) in [5, 5.41) is 0.607. The van der Waals surface area contributed by atoms with Gasteiger partial charge < -0.3 is 4.98 Å². The Kier molecular flexibility index (Phi) is 3.90. The molecule has 0 amide bonds. The van der Waals surface area contributed by atoms with Crippen molar-refractivity contribution in [2.24, 2.45) is 0 Å². The minimum absolute atomic E-state index is 0.116. The Morgan fingerprint density at radius 3 is 2.40 bits per heavy atom. The fourth-order valence-corrected chi connectivity index (χ4v) is 3.07. The van der Waals surface area contributed by atoms with Crippen molar-refractivity contribution in [1.29, 1.82) is 0 Å². The second-order valence-electron chi connectivity index (χ2n) is 6.04. The van der Waals surface area contributed by atoms with Gasteiger partial charge in [-0.1, -0.05) is 61.5 Å². The first-order chi connectivity index (χ1) is 12.3. The largest absolute Gasteiger partial charge is 0.328 e. The summed E-state index contributed by atoms with van der Waals surface area (Å²) in [5.74, 6) is 0. The Balaban J connectivity index is 2.02. The van der Waals surface area contributed by atoms with Gasteiger partial charge >= 0.3 is 0 Å². The molecule has 0 aliphatic heterocycles. The minimum atomic E-state index is -0.116. The van der Waals surface area contributed by atoms with Gasteiger partial charge in [0.1, 0.15) is 0 Å². The molecule has 2 heterocycles. The van der Waals surface area contributed by atoms with E-state index in [1.54, 1.807) is 6.20 Å². The molecule has 0 aliphatic rings. The van der Waals surface area contributed by atoms with E-state index in [1.807, 2.05) is 42.5 Å². The number of aryl methyl sites for hydroxylation is 1. The highest BCUT2D eigenvalue weighted by atomic mass is 16.1. The molecule has 122 valence electrons. The second kappa shape index (κ2) is 6.36. The third-order valence-electron chi connectivity index (χ3n) is 4.47. The van der Waals surface area contributed by atoms with E-state index in [0.29, 0.717) is 10.9 Å². The van der Waals surface area contributed by atoms with Gasteiger partial charge in [0.25, 0.3) is 5.56 Å². The van der Waals surface area contributed by atoms with Crippen LogP contribution < -0.4 is 5.56 Å². The van der Waals surface area contributed by atoms with Gasteiger partial charge in [0.2, 0.25) is 0 Å². The lowest BCUT2D eigenvalue weighted by Crippen LogP contribution is -2.06. The van der Waals surface area contributed by atoms with Crippen molar-refractivity contribution in [2.75, 3.05) is 0 Å². The fourth-order valence-electron chi connectivity index (χ4n) is 3.07. The highest BCUT2D eigenvalue weighted by molar-refractivity contribution is 5.91. The molecule has 3 heteroatoms. The van der Waals surface area contributed by atoms with Gasteiger partial charge in [0.05, 0.1) is 16.6 Å². The van der Waals surface area contributed by atoms with E-state index >= 15 is 0 Å². The monoisotopic (exact) mass is 326 g/mol. The van der Waals surface area contributed by atoms with Gasteiger partial charge in [-0.25, -0.2) is 4.98 Å². The molecular formula is C22H18N2O. The number of benzene rings is 2. The van der Waals surface area contributed by atoms with Crippen LogP contribution in [0.3, 0.4) is 0 Å². The number of pyridine rings is 2. The van der Waals surface area contributed by atoms with E-state index in [2.05, 4.69) is 36.2 Å². The Morgan fingerprint density at radius 1 is 0.920 bits per heavy atom. The van der Waals surface area contributed by atoms with Crippen LogP contribution in [0, 0.1) is 0 Å². The number of aromatic nitrogens is 2. The summed E-state index contributed by atoms with van der Waals surface area (Å²) < 4.78 is 0.